The van der Waals surface area contributed by atoms with Crippen LogP contribution in [0.4, 0.5) is 0 Å². The number of hydrogen-bond acceptors (Lipinski definition) is 1. The molecule has 0 spiro atoms. The summed E-state index contributed by atoms with van der Waals surface area (Å²) in [5.74, 6) is 0.290. The first-order valence-corrected chi connectivity index (χ1v) is 6.68. The van der Waals surface area contributed by atoms with Crippen LogP contribution in [0.3, 0.4) is 0 Å². The van der Waals surface area contributed by atoms with Gasteiger partial charge in [-0.2, -0.15) is 0 Å². The monoisotopic (exact) mass is 231 g/mol. The number of carbonyl (C=O) groups is 1. The summed E-state index contributed by atoms with van der Waals surface area (Å²) < 4.78 is 0. The molecule has 0 unspecified atom stereocenters. The molecule has 2 heteroatoms. The first kappa shape index (κ1) is 12.2. The Kier molecular flexibility index (Phi) is 4.60. The van der Waals surface area contributed by atoms with Gasteiger partial charge in [-0.3, -0.25) is 4.79 Å². The Bertz CT molecular complexity index is 339. The van der Waals surface area contributed by atoms with Crippen LogP contribution in [0.1, 0.15) is 37.7 Å². The van der Waals surface area contributed by atoms with E-state index in [9.17, 15) is 4.79 Å². The largest absolute Gasteiger partial charge is 0.342 e. The van der Waals surface area contributed by atoms with Crippen LogP contribution in [0.5, 0.6) is 0 Å². The number of amides is 1. The molecule has 1 amide bonds. The molecule has 1 aliphatic heterocycles. The summed E-state index contributed by atoms with van der Waals surface area (Å²) in [5, 5.41) is 0. The molecule has 2 nitrogen and oxygen atoms in total. The van der Waals surface area contributed by atoms with Crippen LogP contribution in [-0.2, 0) is 11.2 Å². The van der Waals surface area contributed by atoms with Gasteiger partial charge in [-0.25, -0.2) is 0 Å². The fourth-order valence-corrected chi connectivity index (χ4v) is 2.38. The lowest BCUT2D eigenvalue weighted by molar-refractivity contribution is -0.130. The van der Waals surface area contributed by atoms with Crippen molar-refractivity contribution in [3.8, 4) is 0 Å². The molecule has 0 atom stereocenters. The van der Waals surface area contributed by atoms with Gasteiger partial charge in [0.1, 0.15) is 0 Å². The normalized spacial score (nSPS) is 17.3. The molecular weight excluding hydrogens is 210 g/mol. The van der Waals surface area contributed by atoms with Crippen LogP contribution in [0.15, 0.2) is 30.3 Å². The van der Waals surface area contributed by atoms with Gasteiger partial charge in [0, 0.05) is 13.1 Å². The molecule has 0 saturated carbocycles. The Morgan fingerprint density at radius 1 is 0.941 bits per heavy atom. The van der Waals surface area contributed by atoms with Gasteiger partial charge in [0.05, 0.1) is 6.42 Å². The Balaban J connectivity index is 1.89. The summed E-state index contributed by atoms with van der Waals surface area (Å²) in [6.07, 6.45) is 6.77. The zero-order valence-corrected chi connectivity index (χ0v) is 10.4. The van der Waals surface area contributed by atoms with Gasteiger partial charge in [0.25, 0.3) is 0 Å². The van der Waals surface area contributed by atoms with Gasteiger partial charge in [-0.1, -0.05) is 49.6 Å². The van der Waals surface area contributed by atoms with E-state index in [1.54, 1.807) is 0 Å². The summed E-state index contributed by atoms with van der Waals surface area (Å²) in [4.78, 5) is 14.2. The van der Waals surface area contributed by atoms with Gasteiger partial charge in [0.2, 0.25) is 5.91 Å². The lowest BCUT2D eigenvalue weighted by Gasteiger charge is -2.24. The smallest absolute Gasteiger partial charge is 0.226 e. The van der Waals surface area contributed by atoms with Crippen molar-refractivity contribution in [1.82, 2.24) is 4.90 Å². The minimum atomic E-state index is 0.290. The van der Waals surface area contributed by atoms with Gasteiger partial charge in [0.15, 0.2) is 0 Å². The lowest BCUT2D eigenvalue weighted by Crippen LogP contribution is -2.34. The Hall–Kier alpha value is -1.31. The molecule has 1 aromatic carbocycles. The Morgan fingerprint density at radius 2 is 1.53 bits per heavy atom. The molecule has 0 aromatic heterocycles. The third kappa shape index (κ3) is 3.88. The quantitative estimate of drug-likeness (QED) is 0.766. The highest BCUT2D eigenvalue weighted by Crippen LogP contribution is 2.12. The van der Waals surface area contributed by atoms with Crippen LogP contribution in [0, 0.1) is 0 Å². The van der Waals surface area contributed by atoms with Crippen molar-refractivity contribution in [2.45, 2.75) is 38.5 Å². The third-order valence-electron chi connectivity index (χ3n) is 3.41. The second kappa shape index (κ2) is 6.43. The van der Waals surface area contributed by atoms with Crippen LogP contribution >= 0.6 is 0 Å². The molecule has 0 radical (unpaired) electrons. The van der Waals surface area contributed by atoms with Crippen molar-refractivity contribution in [2.24, 2.45) is 0 Å². The number of nitrogens with zero attached hydrogens (tertiary/aromatic N) is 1. The van der Waals surface area contributed by atoms with E-state index in [1.165, 1.54) is 32.1 Å². The van der Waals surface area contributed by atoms with Crippen LogP contribution < -0.4 is 0 Å². The first-order chi connectivity index (χ1) is 8.36. The predicted octanol–water partition coefficient (Wildman–Crippen LogP) is 3.02. The minimum Gasteiger partial charge on any atom is -0.342 e. The highest BCUT2D eigenvalue weighted by Gasteiger charge is 2.14. The summed E-state index contributed by atoms with van der Waals surface area (Å²) in [6, 6.07) is 10.0. The van der Waals surface area contributed by atoms with E-state index in [-0.39, 0.29) is 5.91 Å². The fourth-order valence-electron chi connectivity index (χ4n) is 2.38. The Morgan fingerprint density at radius 3 is 2.18 bits per heavy atom. The summed E-state index contributed by atoms with van der Waals surface area (Å²) in [6.45, 7) is 1.90. The summed E-state index contributed by atoms with van der Waals surface area (Å²) in [5.41, 5.74) is 1.12. The minimum absolute atomic E-state index is 0.290. The predicted molar refractivity (Wildman–Crippen MR) is 69.8 cm³/mol. The van der Waals surface area contributed by atoms with Crippen LogP contribution in [0.2, 0.25) is 0 Å². The van der Waals surface area contributed by atoms with E-state index >= 15 is 0 Å². The molecule has 1 fully saturated rings. The zero-order chi connectivity index (χ0) is 11.9. The molecule has 0 N–H and O–H groups in total. The Labute approximate surface area is 104 Å². The van der Waals surface area contributed by atoms with Crippen molar-refractivity contribution < 1.29 is 4.79 Å². The van der Waals surface area contributed by atoms with Gasteiger partial charge in [-0.15, -0.1) is 0 Å². The third-order valence-corrected chi connectivity index (χ3v) is 3.41. The molecule has 1 aliphatic rings. The molecule has 92 valence electrons. The van der Waals surface area contributed by atoms with Crippen molar-refractivity contribution >= 4 is 5.91 Å². The number of carbonyl (C=O) groups excluding carboxylic acids is 1. The van der Waals surface area contributed by atoms with E-state index < -0.39 is 0 Å². The van der Waals surface area contributed by atoms with Crippen molar-refractivity contribution in [2.75, 3.05) is 13.1 Å². The van der Waals surface area contributed by atoms with Gasteiger partial charge >= 0.3 is 0 Å². The lowest BCUT2D eigenvalue weighted by atomic mass is 10.1. The maximum atomic E-state index is 12.2. The van der Waals surface area contributed by atoms with E-state index in [1.807, 2.05) is 35.2 Å². The SMILES string of the molecule is O=C(Cc1ccccc1)N1CCCCCCC1. The summed E-state index contributed by atoms with van der Waals surface area (Å²) in [7, 11) is 0. The first-order valence-electron chi connectivity index (χ1n) is 6.68. The summed E-state index contributed by atoms with van der Waals surface area (Å²) >= 11 is 0. The molecule has 1 heterocycles. The van der Waals surface area contributed by atoms with Crippen molar-refractivity contribution in [3.63, 3.8) is 0 Å². The molecule has 17 heavy (non-hydrogen) atoms. The molecule has 2 rings (SSSR count). The number of rotatable bonds is 2. The van der Waals surface area contributed by atoms with E-state index in [2.05, 4.69) is 0 Å². The van der Waals surface area contributed by atoms with Gasteiger partial charge in [-0.05, 0) is 18.4 Å². The second-order valence-electron chi connectivity index (χ2n) is 4.81. The average Bonchev–Trinajstić information content (AvgIpc) is 2.29. The number of benzene rings is 1. The van der Waals surface area contributed by atoms with E-state index in [0.717, 1.165) is 18.7 Å². The fraction of sp³-hybridized carbons (Fsp3) is 0.533. The van der Waals surface area contributed by atoms with Crippen molar-refractivity contribution in [3.05, 3.63) is 35.9 Å². The van der Waals surface area contributed by atoms with Crippen LogP contribution in [-0.4, -0.2) is 23.9 Å². The number of likely N-dealkylation sites (tertiary alicyclic amines) is 1. The maximum absolute atomic E-state index is 12.2. The molecular formula is C15H21NO. The maximum Gasteiger partial charge on any atom is 0.226 e. The highest BCUT2D eigenvalue weighted by atomic mass is 16.2. The van der Waals surface area contributed by atoms with Gasteiger partial charge < -0.3 is 4.90 Å². The molecule has 0 aliphatic carbocycles. The van der Waals surface area contributed by atoms with Crippen LogP contribution in [0.25, 0.3) is 0 Å². The molecule has 0 bridgehead atoms. The van der Waals surface area contributed by atoms with E-state index in [4.69, 9.17) is 0 Å². The average molecular weight is 231 g/mol. The molecule has 1 aromatic rings. The van der Waals surface area contributed by atoms with Crippen molar-refractivity contribution in [1.29, 1.82) is 0 Å². The standard InChI is InChI=1S/C15H21NO/c17-15(13-14-9-5-4-6-10-14)16-11-7-2-1-3-8-12-16/h4-6,9-10H,1-3,7-8,11-13H2. The van der Waals surface area contributed by atoms with E-state index in [0.29, 0.717) is 6.42 Å². The topological polar surface area (TPSA) is 20.3 Å². The zero-order valence-electron chi connectivity index (χ0n) is 10.4. The number of hydrogen-bond donors (Lipinski definition) is 0. The highest BCUT2D eigenvalue weighted by molar-refractivity contribution is 5.78. The second-order valence-corrected chi connectivity index (χ2v) is 4.81. The molecule has 1 saturated heterocycles.